The molecule has 1 aromatic carbocycles. The van der Waals surface area contributed by atoms with Crippen LogP contribution < -0.4 is 0 Å². The highest BCUT2D eigenvalue weighted by molar-refractivity contribution is 7.09. The van der Waals surface area contributed by atoms with Gasteiger partial charge in [-0.1, -0.05) is 30.3 Å². The Morgan fingerprint density at radius 1 is 1.35 bits per heavy atom. The standard InChI is InChI=1S/C16H20N2OS/c1-12-17-14(11-20-12)10-18-8-7-16(19)15(18)9-13-5-3-2-4-6-13/h2-6,11,15-16,19H,7-10H2,1H3/t15-,16+/m0/s1. The lowest BCUT2D eigenvalue weighted by molar-refractivity contribution is 0.112. The fourth-order valence-electron chi connectivity index (χ4n) is 2.91. The van der Waals surface area contributed by atoms with Crippen LogP contribution in [0, 0.1) is 6.92 Å². The number of nitrogens with zero attached hydrogens (tertiary/aromatic N) is 2. The van der Waals surface area contributed by atoms with E-state index in [1.165, 1.54) is 5.56 Å². The third-order valence-electron chi connectivity index (χ3n) is 3.94. The first kappa shape index (κ1) is 13.7. The molecule has 20 heavy (non-hydrogen) atoms. The number of hydrogen-bond acceptors (Lipinski definition) is 4. The smallest absolute Gasteiger partial charge is 0.0897 e. The molecule has 0 bridgehead atoms. The molecule has 3 rings (SSSR count). The monoisotopic (exact) mass is 288 g/mol. The summed E-state index contributed by atoms with van der Waals surface area (Å²) in [5.41, 5.74) is 2.41. The van der Waals surface area contributed by atoms with Gasteiger partial charge in [-0.05, 0) is 25.3 Å². The molecule has 1 N–H and O–H groups in total. The van der Waals surface area contributed by atoms with Crippen molar-refractivity contribution in [1.82, 2.24) is 9.88 Å². The number of hydrogen-bond donors (Lipinski definition) is 1. The van der Waals surface area contributed by atoms with Crippen molar-refractivity contribution in [3.8, 4) is 0 Å². The molecule has 1 aliphatic heterocycles. The minimum Gasteiger partial charge on any atom is -0.391 e. The number of likely N-dealkylation sites (tertiary alicyclic amines) is 1. The molecule has 106 valence electrons. The number of aliphatic hydroxyl groups excluding tert-OH is 1. The Kier molecular flexibility index (Phi) is 4.15. The molecule has 0 aliphatic carbocycles. The average Bonchev–Trinajstić information content (AvgIpc) is 3.01. The number of benzene rings is 1. The van der Waals surface area contributed by atoms with Crippen molar-refractivity contribution < 1.29 is 5.11 Å². The van der Waals surface area contributed by atoms with Gasteiger partial charge >= 0.3 is 0 Å². The van der Waals surface area contributed by atoms with Crippen molar-refractivity contribution in [3.63, 3.8) is 0 Å². The van der Waals surface area contributed by atoms with Crippen molar-refractivity contribution in [1.29, 1.82) is 0 Å². The summed E-state index contributed by atoms with van der Waals surface area (Å²) in [6, 6.07) is 10.6. The van der Waals surface area contributed by atoms with Gasteiger partial charge < -0.3 is 5.11 Å². The molecule has 0 unspecified atom stereocenters. The van der Waals surface area contributed by atoms with Crippen molar-refractivity contribution in [2.24, 2.45) is 0 Å². The fraction of sp³-hybridized carbons (Fsp3) is 0.438. The zero-order valence-electron chi connectivity index (χ0n) is 11.7. The van der Waals surface area contributed by atoms with E-state index in [0.717, 1.165) is 36.6 Å². The Morgan fingerprint density at radius 3 is 2.85 bits per heavy atom. The summed E-state index contributed by atoms with van der Waals surface area (Å²) >= 11 is 1.69. The molecule has 2 heterocycles. The highest BCUT2D eigenvalue weighted by Crippen LogP contribution is 2.24. The topological polar surface area (TPSA) is 36.4 Å². The minimum absolute atomic E-state index is 0.208. The van der Waals surface area contributed by atoms with Crippen LogP contribution in [0.2, 0.25) is 0 Å². The van der Waals surface area contributed by atoms with Crippen LogP contribution in [0.4, 0.5) is 0 Å². The van der Waals surface area contributed by atoms with Gasteiger partial charge in [0, 0.05) is 24.5 Å². The molecule has 3 nitrogen and oxygen atoms in total. The third-order valence-corrected chi connectivity index (χ3v) is 4.77. The molecule has 0 spiro atoms. The lowest BCUT2D eigenvalue weighted by Gasteiger charge is -2.25. The van der Waals surface area contributed by atoms with E-state index in [0.29, 0.717) is 0 Å². The molecule has 0 radical (unpaired) electrons. The molecule has 1 saturated heterocycles. The van der Waals surface area contributed by atoms with E-state index in [9.17, 15) is 5.11 Å². The van der Waals surface area contributed by atoms with Crippen LogP contribution in [0.5, 0.6) is 0 Å². The van der Waals surface area contributed by atoms with Crippen molar-refractivity contribution >= 4 is 11.3 Å². The first-order chi connectivity index (χ1) is 9.72. The normalized spacial score (nSPS) is 23.3. The summed E-state index contributed by atoms with van der Waals surface area (Å²) in [4.78, 5) is 6.90. The summed E-state index contributed by atoms with van der Waals surface area (Å²) in [6.07, 6.45) is 1.54. The summed E-state index contributed by atoms with van der Waals surface area (Å²) in [5.74, 6) is 0. The summed E-state index contributed by atoms with van der Waals surface area (Å²) in [7, 11) is 0. The highest BCUT2D eigenvalue weighted by Gasteiger charge is 2.32. The van der Waals surface area contributed by atoms with Crippen molar-refractivity contribution in [2.75, 3.05) is 6.54 Å². The lowest BCUT2D eigenvalue weighted by Crippen LogP contribution is -2.36. The minimum atomic E-state index is -0.227. The van der Waals surface area contributed by atoms with Crippen LogP contribution in [0.3, 0.4) is 0 Å². The molecule has 0 saturated carbocycles. The van der Waals surface area contributed by atoms with E-state index in [1.54, 1.807) is 11.3 Å². The summed E-state index contributed by atoms with van der Waals surface area (Å²) in [5, 5.41) is 13.5. The van der Waals surface area contributed by atoms with Gasteiger partial charge in [0.25, 0.3) is 0 Å². The summed E-state index contributed by atoms with van der Waals surface area (Å²) < 4.78 is 0. The lowest BCUT2D eigenvalue weighted by atomic mass is 10.0. The predicted octanol–water partition coefficient (Wildman–Crippen LogP) is 2.63. The van der Waals surface area contributed by atoms with Gasteiger partial charge in [0.05, 0.1) is 16.8 Å². The molecule has 2 atom stereocenters. The Bertz CT molecular complexity index is 555. The number of aromatic nitrogens is 1. The molecular formula is C16H20N2OS. The Morgan fingerprint density at radius 2 is 2.15 bits per heavy atom. The van der Waals surface area contributed by atoms with Gasteiger partial charge in [-0.2, -0.15) is 0 Å². The van der Waals surface area contributed by atoms with Crippen LogP contribution in [0.15, 0.2) is 35.7 Å². The van der Waals surface area contributed by atoms with Crippen LogP contribution >= 0.6 is 11.3 Å². The van der Waals surface area contributed by atoms with E-state index < -0.39 is 0 Å². The summed E-state index contributed by atoms with van der Waals surface area (Å²) in [6.45, 7) is 3.84. The Balaban J connectivity index is 1.70. The molecule has 2 aromatic rings. The zero-order valence-corrected chi connectivity index (χ0v) is 12.5. The maximum Gasteiger partial charge on any atom is 0.0897 e. The quantitative estimate of drug-likeness (QED) is 0.939. The molecule has 1 aliphatic rings. The van der Waals surface area contributed by atoms with E-state index in [-0.39, 0.29) is 12.1 Å². The molecule has 1 fully saturated rings. The zero-order chi connectivity index (χ0) is 13.9. The highest BCUT2D eigenvalue weighted by atomic mass is 32.1. The van der Waals surface area contributed by atoms with Gasteiger partial charge in [0.15, 0.2) is 0 Å². The first-order valence-corrected chi connectivity index (χ1v) is 7.97. The van der Waals surface area contributed by atoms with Crippen LogP contribution in [-0.4, -0.2) is 33.7 Å². The predicted molar refractivity (Wildman–Crippen MR) is 81.8 cm³/mol. The van der Waals surface area contributed by atoms with Crippen molar-refractivity contribution in [3.05, 3.63) is 52.0 Å². The van der Waals surface area contributed by atoms with Crippen molar-refractivity contribution in [2.45, 2.75) is 38.5 Å². The number of aliphatic hydroxyl groups is 1. The second-order valence-corrected chi connectivity index (χ2v) is 6.50. The second-order valence-electron chi connectivity index (χ2n) is 5.44. The Labute approximate surface area is 123 Å². The van der Waals surface area contributed by atoms with Crippen LogP contribution in [-0.2, 0) is 13.0 Å². The Hall–Kier alpha value is -1.23. The number of aryl methyl sites for hydroxylation is 1. The maximum absolute atomic E-state index is 10.2. The largest absolute Gasteiger partial charge is 0.391 e. The first-order valence-electron chi connectivity index (χ1n) is 7.09. The third kappa shape index (κ3) is 3.08. The SMILES string of the molecule is Cc1nc(CN2CC[C@@H](O)[C@@H]2Cc2ccccc2)cs1. The van der Waals surface area contributed by atoms with E-state index >= 15 is 0 Å². The van der Waals surface area contributed by atoms with Crippen LogP contribution in [0.25, 0.3) is 0 Å². The van der Waals surface area contributed by atoms with Gasteiger partial charge in [0.1, 0.15) is 0 Å². The van der Waals surface area contributed by atoms with Gasteiger partial charge in [-0.3, -0.25) is 4.90 Å². The van der Waals surface area contributed by atoms with E-state index in [1.807, 2.05) is 13.0 Å². The van der Waals surface area contributed by atoms with Crippen LogP contribution in [0.1, 0.15) is 22.7 Å². The van der Waals surface area contributed by atoms with Gasteiger partial charge in [-0.15, -0.1) is 11.3 Å². The number of rotatable bonds is 4. The fourth-order valence-corrected chi connectivity index (χ4v) is 3.51. The van der Waals surface area contributed by atoms with E-state index in [2.05, 4.69) is 39.5 Å². The number of thiazole rings is 1. The maximum atomic E-state index is 10.2. The van der Waals surface area contributed by atoms with Gasteiger partial charge in [-0.25, -0.2) is 4.98 Å². The molecular weight excluding hydrogens is 268 g/mol. The molecule has 4 heteroatoms. The second kappa shape index (κ2) is 6.04. The molecule has 1 aromatic heterocycles. The van der Waals surface area contributed by atoms with Gasteiger partial charge in [0.2, 0.25) is 0 Å². The molecule has 0 amide bonds. The van der Waals surface area contributed by atoms with E-state index in [4.69, 9.17) is 0 Å². The average molecular weight is 288 g/mol.